The van der Waals surface area contributed by atoms with Gasteiger partial charge < -0.3 is 24.0 Å². The van der Waals surface area contributed by atoms with Crippen molar-refractivity contribution in [2.24, 2.45) is 0 Å². The number of pyridine rings is 1. The van der Waals surface area contributed by atoms with Crippen molar-refractivity contribution in [3.05, 3.63) is 51.9 Å². The second-order valence-corrected chi connectivity index (χ2v) is 7.01. The van der Waals surface area contributed by atoms with Crippen molar-refractivity contribution in [3.63, 3.8) is 0 Å². The maximum Gasteiger partial charge on any atom is 0.293 e. The normalized spacial score (nSPS) is 15.5. The molecule has 0 spiro atoms. The smallest absolute Gasteiger partial charge is 0.293 e. The van der Waals surface area contributed by atoms with Crippen LogP contribution in [0.5, 0.6) is 17.2 Å². The lowest BCUT2D eigenvalue weighted by Crippen LogP contribution is -2.45. The van der Waals surface area contributed by atoms with Crippen molar-refractivity contribution in [3.8, 4) is 17.2 Å². The molecule has 1 aliphatic heterocycles. The fraction of sp³-hybridized carbons (Fsp3) is 0.476. The first-order valence-corrected chi connectivity index (χ1v) is 9.62. The zero-order valence-electron chi connectivity index (χ0n) is 16.9. The number of hydrogen-bond acceptors (Lipinski definition) is 6. The Hall–Kier alpha value is -2.51. The van der Waals surface area contributed by atoms with Crippen LogP contribution in [0.15, 0.2) is 35.3 Å². The van der Waals surface area contributed by atoms with Crippen LogP contribution in [0, 0.1) is 0 Å². The lowest BCUT2D eigenvalue weighted by atomic mass is 10.1. The van der Waals surface area contributed by atoms with Crippen molar-refractivity contribution < 1.29 is 14.6 Å². The van der Waals surface area contributed by atoms with Gasteiger partial charge in [0.1, 0.15) is 11.5 Å². The van der Waals surface area contributed by atoms with E-state index in [0.717, 1.165) is 38.3 Å². The Morgan fingerprint density at radius 3 is 2.32 bits per heavy atom. The van der Waals surface area contributed by atoms with E-state index in [9.17, 15) is 9.90 Å². The summed E-state index contributed by atoms with van der Waals surface area (Å²) >= 11 is 0. The monoisotopic (exact) mass is 387 g/mol. The van der Waals surface area contributed by atoms with Gasteiger partial charge >= 0.3 is 0 Å². The predicted octanol–water partition coefficient (Wildman–Crippen LogP) is 1.76. The van der Waals surface area contributed by atoms with E-state index >= 15 is 0 Å². The highest BCUT2D eigenvalue weighted by atomic mass is 16.5. The molecule has 0 bridgehead atoms. The molecule has 2 aromatic rings. The number of likely N-dealkylation sites (N-methyl/N-ethyl adjacent to an activating group) is 1. The number of benzene rings is 1. The van der Waals surface area contributed by atoms with Crippen molar-refractivity contribution in [2.45, 2.75) is 20.0 Å². The van der Waals surface area contributed by atoms with Crippen LogP contribution in [0.3, 0.4) is 0 Å². The van der Waals surface area contributed by atoms with Gasteiger partial charge in [0.05, 0.1) is 20.8 Å². The SMILES string of the molecule is CCN1CCN(Cc2ccn(Cc3ccc(OC)cc3OC)c(=O)c2O)CC1. The van der Waals surface area contributed by atoms with Crippen molar-refractivity contribution in [1.82, 2.24) is 14.4 Å². The Balaban J connectivity index is 1.75. The third-order valence-corrected chi connectivity index (χ3v) is 5.36. The van der Waals surface area contributed by atoms with Crippen LogP contribution in [-0.2, 0) is 13.1 Å². The van der Waals surface area contributed by atoms with Gasteiger partial charge in [-0.25, -0.2) is 0 Å². The molecule has 28 heavy (non-hydrogen) atoms. The van der Waals surface area contributed by atoms with E-state index in [0.29, 0.717) is 30.2 Å². The molecule has 0 radical (unpaired) electrons. The molecule has 1 aromatic heterocycles. The fourth-order valence-corrected chi connectivity index (χ4v) is 3.52. The highest BCUT2D eigenvalue weighted by Crippen LogP contribution is 2.25. The summed E-state index contributed by atoms with van der Waals surface area (Å²) in [6.07, 6.45) is 1.74. The summed E-state index contributed by atoms with van der Waals surface area (Å²) in [4.78, 5) is 17.4. The van der Waals surface area contributed by atoms with E-state index in [1.807, 2.05) is 18.2 Å². The summed E-state index contributed by atoms with van der Waals surface area (Å²) in [5.74, 6) is 1.16. The van der Waals surface area contributed by atoms with Gasteiger partial charge in [-0.05, 0) is 24.7 Å². The molecule has 0 saturated carbocycles. The second kappa shape index (κ2) is 9.12. The minimum Gasteiger partial charge on any atom is -0.503 e. The largest absolute Gasteiger partial charge is 0.503 e. The maximum atomic E-state index is 12.7. The van der Waals surface area contributed by atoms with Gasteiger partial charge in [0.15, 0.2) is 5.75 Å². The first-order valence-electron chi connectivity index (χ1n) is 9.62. The third-order valence-electron chi connectivity index (χ3n) is 5.36. The molecule has 0 unspecified atom stereocenters. The van der Waals surface area contributed by atoms with E-state index in [2.05, 4.69) is 16.7 Å². The number of nitrogens with zero attached hydrogens (tertiary/aromatic N) is 3. The maximum absolute atomic E-state index is 12.7. The molecule has 7 nitrogen and oxygen atoms in total. The number of hydrogen-bond donors (Lipinski definition) is 1. The standard InChI is InChI=1S/C21H29N3O4/c1-4-22-9-11-23(12-10-22)14-17-7-8-24(21(26)20(17)25)15-16-5-6-18(27-2)13-19(16)28-3/h5-8,13,25H,4,9-12,14-15H2,1-3H3. The predicted molar refractivity (Wildman–Crippen MR) is 108 cm³/mol. The zero-order valence-corrected chi connectivity index (χ0v) is 16.9. The average molecular weight is 387 g/mol. The lowest BCUT2D eigenvalue weighted by Gasteiger charge is -2.34. The molecule has 0 atom stereocenters. The number of ether oxygens (including phenoxy) is 2. The van der Waals surface area contributed by atoms with Crippen LogP contribution in [0.4, 0.5) is 0 Å². The summed E-state index contributed by atoms with van der Waals surface area (Å²) in [6, 6.07) is 7.30. The highest BCUT2D eigenvalue weighted by Gasteiger charge is 2.18. The molecule has 1 saturated heterocycles. The number of rotatable bonds is 7. The van der Waals surface area contributed by atoms with Crippen LogP contribution in [0.1, 0.15) is 18.1 Å². The van der Waals surface area contributed by atoms with Gasteiger partial charge in [-0.15, -0.1) is 0 Å². The van der Waals surface area contributed by atoms with E-state index < -0.39 is 0 Å². The van der Waals surface area contributed by atoms with E-state index in [1.165, 1.54) is 4.57 Å². The highest BCUT2D eigenvalue weighted by molar-refractivity contribution is 5.41. The lowest BCUT2D eigenvalue weighted by molar-refractivity contribution is 0.131. The van der Waals surface area contributed by atoms with E-state index in [-0.39, 0.29) is 11.3 Å². The summed E-state index contributed by atoms with van der Waals surface area (Å²) in [7, 11) is 3.18. The van der Waals surface area contributed by atoms with Gasteiger partial charge in [-0.2, -0.15) is 0 Å². The Labute approximate surface area is 165 Å². The molecule has 1 fully saturated rings. The molecule has 0 aliphatic carbocycles. The van der Waals surface area contributed by atoms with Crippen molar-refractivity contribution in [1.29, 1.82) is 0 Å². The fourth-order valence-electron chi connectivity index (χ4n) is 3.52. The third kappa shape index (κ3) is 4.48. The summed E-state index contributed by atoms with van der Waals surface area (Å²) in [6.45, 7) is 8.05. The molecule has 2 heterocycles. The molecule has 1 aromatic carbocycles. The minimum absolute atomic E-state index is 0.173. The quantitative estimate of drug-likeness (QED) is 0.781. The molecule has 1 aliphatic rings. The Morgan fingerprint density at radius 2 is 1.68 bits per heavy atom. The average Bonchev–Trinajstić information content (AvgIpc) is 2.74. The molecule has 0 amide bonds. The molecular formula is C21H29N3O4. The summed E-state index contributed by atoms with van der Waals surface area (Å²) in [5.41, 5.74) is 1.13. The Bertz CT molecular complexity index is 857. The van der Waals surface area contributed by atoms with Crippen LogP contribution in [-0.4, -0.2) is 66.4 Å². The molecule has 1 N–H and O–H groups in total. The topological polar surface area (TPSA) is 67.2 Å². The minimum atomic E-state index is -0.387. The van der Waals surface area contributed by atoms with E-state index in [4.69, 9.17) is 9.47 Å². The van der Waals surface area contributed by atoms with Gasteiger partial charge in [-0.1, -0.05) is 6.92 Å². The Kier molecular flexibility index (Phi) is 6.59. The first-order chi connectivity index (χ1) is 13.5. The first kappa shape index (κ1) is 20.2. The van der Waals surface area contributed by atoms with Crippen molar-refractivity contribution >= 4 is 0 Å². The summed E-state index contributed by atoms with van der Waals surface area (Å²) < 4.78 is 12.1. The summed E-state index contributed by atoms with van der Waals surface area (Å²) in [5, 5.41) is 10.5. The molecule has 3 rings (SSSR count). The van der Waals surface area contributed by atoms with Crippen LogP contribution in [0.2, 0.25) is 0 Å². The number of aromatic hydroxyl groups is 1. The van der Waals surface area contributed by atoms with Crippen LogP contribution in [0.25, 0.3) is 0 Å². The van der Waals surface area contributed by atoms with Gasteiger partial charge in [-0.3, -0.25) is 9.69 Å². The molecular weight excluding hydrogens is 358 g/mol. The molecule has 152 valence electrons. The van der Waals surface area contributed by atoms with Gasteiger partial charge in [0, 0.05) is 56.1 Å². The van der Waals surface area contributed by atoms with Crippen molar-refractivity contribution in [2.75, 3.05) is 46.9 Å². The molecule has 7 heteroatoms. The Morgan fingerprint density at radius 1 is 0.964 bits per heavy atom. The van der Waals surface area contributed by atoms with Crippen LogP contribution >= 0.6 is 0 Å². The number of methoxy groups -OCH3 is 2. The van der Waals surface area contributed by atoms with Gasteiger partial charge in [0.25, 0.3) is 5.56 Å². The number of piperazine rings is 1. The van der Waals surface area contributed by atoms with Crippen LogP contribution < -0.4 is 15.0 Å². The zero-order chi connectivity index (χ0) is 20.1. The second-order valence-electron chi connectivity index (χ2n) is 7.01. The van der Waals surface area contributed by atoms with E-state index in [1.54, 1.807) is 26.5 Å². The van der Waals surface area contributed by atoms with Gasteiger partial charge in [0.2, 0.25) is 0 Å². The number of aromatic nitrogens is 1.